The van der Waals surface area contributed by atoms with Crippen molar-refractivity contribution in [2.45, 2.75) is 329 Å². The summed E-state index contributed by atoms with van der Waals surface area (Å²) in [6.45, 7) is 4.44. The predicted octanol–water partition coefficient (Wildman–Crippen LogP) is 25.1. The van der Waals surface area contributed by atoms with Gasteiger partial charge in [-0.25, -0.2) is 9.13 Å². The van der Waals surface area contributed by atoms with Gasteiger partial charge >= 0.3 is 39.5 Å². The van der Waals surface area contributed by atoms with Gasteiger partial charge in [-0.15, -0.1) is 0 Å². The van der Waals surface area contributed by atoms with E-state index in [9.17, 15) is 43.2 Å². The summed E-state index contributed by atoms with van der Waals surface area (Å²) in [7, 11) is -10.0. The molecule has 110 heavy (non-hydrogen) atoms. The number of allylic oxidation sites excluding steroid dienone is 30. The maximum absolute atomic E-state index is 13.1. The third-order valence-corrected chi connectivity index (χ3v) is 18.8. The highest BCUT2D eigenvalue weighted by molar-refractivity contribution is 7.47. The number of phosphoric ester groups is 2. The molecule has 0 amide bonds. The lowest BCUT2D eigenvalue weighted by Gasteiger charge is -2.21. The molecule has 0 saturated heterocycles. The van der Waals surface area contributed by atoms with Gasteiger partial charge in [-0.2, -0.15) is 0 Å². The number of ether oxygens (including phenoxy) is 4. The highest BCUT2D eigenvalue weighted by Gasteiger charge is 2.30. The minimum atomic E-state index is -5.03. The molecule has 0 aromatic carbocycles. The Hall–Kier alpha value is -5.84. The van der Waals surface area contributed by atoms with Crippen molar-refractivity contribution in [3.05, 3.63) is 182 Å². The first-order chi connectivity index (χ1) is 53.7. The van der Waals surface area contributed by atoms with Gasteiger partial charge in [-0.1, -0.05) is 326 Å². The first-order valence-electron chi connectivity index (χ1n) is 42.0. The first-order valence-corrected chi connectivity index (χ1v) is 45.0. The lowest BCUT2D eigenvalue weighted by molar-refractivity contribution is -0.161. The molecule has 0 spiro atoms. The number of esters is 4. The van der Waals surface area contributed by atoms with Crippen LogP contribution in [0.3, 0.4) is 0 Å². The van der Waals surface area contributed by atoms with Gasteiger partial charge in [0.05, 0.1) is 26.4 Å². The number of rotatable bonds is 77. The summed E-state index contributed by atoms with van der Waals surface area (Å²) in [5, 5.41) is 10.7. The van der Waals surface area contributed by atoms with E-state index >= 15 is 0 Å². The van der Waals surface area contributed by atoms with Crippen LogP contribution in [0.25, 0.3) is 0 Å². The van der Waals surface area contributed by atoms with E-state index in [1.807, 2.05) is 36.5 Å². The standard InChI is InChI=1S/C91H148O17P2/c1-5-9-13-17-21-25-29-33-36-39-42-45-48-52-55-59-63-67-71-75-88(93)101-81-86(107-90(95)77-73-69-65-61-57-51-32-28-24-20-16-12-8-4)83-105-109(97,98)103-79-85(92)80-104-110(99,100)106-84-87(108-91(96)78-74-70-66-62-58-54-50-47-44-41-38-35-31-27-23-19-15-11-7-3)82-102-89(94)76-72-68-64-60-56-53-49-46-43-40-37-34-30-26-22-18-14-10-6-2/h10-11,14-15,21-23,25-27,33-38,42-47,53-54,56,58,64,66,68,70,85-87,92H,5-9,12-13,16-20,24,28-32,39-41,48-52,55,57,59-63,65,67,69,71-84H2,1-4H3,(H,97,98)(H,99,100)/b14-10-,15-11-,25-21-,26-22-,27-23-,36-33-,37-34-,38-35-,45-42-,46-43-,47-44-,56-53-,58-54-,68-64-,70-66-. The summed E-state index contributed by atoms with van der Waals surface area (Å²) in [4.78, 5) is 73.1. The van der Waals surface area contributed by atoms with Gasteiger partial charge in [0.25, 0.3) is 0 Å². The van der Waals surface area contributed by atoms with Crippen molar-refractivity contribution in [1.82, 2.24) is 0 Å². The van der Waals surface area contributed by atoms with Crippen LogP contribution in [0.1, 0.15) is 310 Å². The number of carbonyl (C=O) groups is 4. The van der Waals surface area contributed by atoms with Crippen molar-refractivity contribution >= 4 is 39.5 Å². The molecule has 0 bridgehead atoms. The number of phosphoric acid groups is 2. The zero-order chi connectivity index (χ0) is 80.3. The molecule has 0 aromatic heterocycles. The first kappa shape index (κ1) is 104. The van der Waals surface area contributed by atoms with Gasteiger partial charge in [-0.3, -0.25) is 37.3 Å². The molecule has 0 saturated carbocycles. The molecule has 0 aromatic rings. The highest BCUT2D eigenvalue weighted by Crippen LogP contribution is 2.45. The lowest BCUT2D eigenvalue weighted by atomic mass is 10.0. The molecule has 0 aliphatic rings. The van der Waals surface area contributed by atoms with Crippen LogP contribution in [0.15, 0.2) is 182 Å². The molecule has 0 radical (unpaired) electrons. The SMILES string of the molecule is CC/C=C\C/C=C\C/C=C\C/C=C\C/C=C\C/C=C\CCC(=O)OCC(COP(=O)(O)OCC(O)COP(=O)(O)OCC(COC(=O)CCCCCCCC/C=C\C/C=C\C/C=C\CCCCC)OC(=O)CCCCCCCCCCCCCCC)OC(=O)CC/C=C\C/C=C\C/C=C\C/C=C\C/C=C\C/C=C\CC. The normalized spacial score (nSPS) is 14.7. The van der Waals surface area contributed by atoms with Crippen molar-refractivity contribution in [3.8, 4) is 0 Å². The van der Waals surface area contributed by atoms with Crippen LogP contribution in [0.4, 0.5) is 0 Å². The van der Waals surface area contributed by atoms with E-state index in [2.05, 4.69) is 174 Å². The van der Waals surface area contributed by atoms with Crippen LogP contribution in [0.2, 0.25) is 0 Å². The molecule has 624 valence electrons. The molecular formula is C91H148O17P2. The van der Waals surface area contributed by atoms with E-state index in [1.165, 1.54) is 70.6 Å². The van der Waals surface area contributed by atoms with Crippen LogP contribution in [0, 0.1) is 0 Å². The molecule has 0 heterocycles. The summed E-state index contributed by atoms with van der Waals surface area (Å²) >= 11 is 0. The summed E-state index contributed by atoms with van der Waals surface area (Å²) in [5.41, 5.74) is 0. The van der Waals surface area contributed by atoms with Gasteiger partial charge in [0.1, 0.15) is 19.3 Å². The predicted molar refractivity (Wildman–Crippen MR) is 454 cm³/mol. The molecular weight excluding hydrogens is 1430 g/mol. The number of aliphatic hydroxyl groups is 1. The smallest absolute Gasteiger partial charge is 0.462 e. The van der Waals surface area contributed by atoms with Crippen molar-refractivity contribution < 1.29 is 80.2 Å². The zero-order valence-electron chi connectivity index (χ0n) is 68.4. The summed E-state index contributed by atoms with van der Waals surface area (Å²) in [5.74, 6) is -2.39. The fourth-order valence-electron chi connectivity index (χ4n) is 10.6. The third-order valence-electron chi connectivity index (χ3n) is 16.9. The minimum Gasteiger partial charge on any atom is -0.462 e. The fraction of sp³-hybridized carbons (Fsp3) is 0.626. The third kappa shape index (κ3) is 80.2. The highest BCUT2D eigenvalue weighted by atomic mass is 31.2. The summed E-state index contributed by atoms with van der Waals surface area (Å²) in [6.07, 6.45) is 98.9. The maximum atomic E-state index is 13.1. The Balaban J connectivity index is 5.52. The van der Waals surface area contributed by atoms with Crippen LogP contribution in [0.5, 0.6) is 0 Å². The second-order valence-corrected chi connectivity index (χ2v) is 30.2. The van der Waals surface area contributed by atoms with Gasteiger partial charge in [-0.05, 0) is 141 Å². The Bertz CT molecular complexity index is 2800. The monoisotopic (exact) mass is 1580 g/mol. The van der Waals surface area contributed by atoms with Crippen molar-refractivity contribution in [2.24, 2.45) is 0 Å². The van der Waals surface area contributed by atoms with Crippen LogP contribution < -0.4 is 0 Å². The van der Waals surface area contributed by atoms with Gasteiger partial charge in [0.2, 0.25) is 0 Å². The van der Waals surface area contributed by atoms with E-state index < -0.39 is 97.5 Å². The van der Waals surface area contributed by atoms with E-state index in [1.54, 1.807) is 0 Å². The number of carbonyl (C=O) groups excluding carboxylic acids is 4. The van der Waals surface area contributed by atoms with E-state index in [4.69, 9.17) is 37.0 Å². The number of unbranched alkanes of at least 4 members (excludes halogenated alkanes) is 21. The maximum Gasteiger partial charge on any atom is 0.472 e. The van der Waals surface area contributed by atoms with Crippen molar-refractivity contribution in [2.75, 3.05) is 39.6 Å². The quantitative estimate of drug-likeness (QED) is 0.0169. The average molecular weight is 1580 g/mol. The molecule has 5 atom stereocenters. The van der Waals surface area contributed by atoms with Gasteiger partial charge in [0, 0.05) is 25.7 Å². The number of hydrogen-bond acceptors (Lipinski definition) is 15. The van der Waals surface area contributed by atoms with Gasteiger partial charge < -0.3 is 33.8 Å². The fourth-order valence-corrected chi connectivity index (χ4v) is 12.2. The number of hydrogen-bond donors (Lipinski definition) is 3. The second-order valence-electron chi connectivity index (χ2n) is 27.3. The Labute approximate surface area is 666 Å². The van der Waals surface area contributed by atoms with E-state index in [0.29, 0.717) is 38.5 Å². The molecule has 19 heteroatoms. The molecule has 3 N–H and O–H groups in total. The van der Waals surface area contributed by atoms with Crippen LogP contribution in [-0.2, 0) is 65.4 Å². The molecule has 0 rings (SSSR count). The molecule has 0 aliphatic heterocycles. The molecule has 17 nitrogen and oxygen atoms in total. The molecule has 0 fully saturated rings. The van der Waals surface area contributed by atoms with Gasteiger partial charge in [0.15, 0.2) is 12.2 Å². The zero-order valence-corrected chi connectivity index (χ0v) is 70.1. The number of aliphatic hydroxyl groups excluding tert-OH is 1. The van der Waals surface area contributed by atoms with Crippen LogP contribution in [-0.4, -0.2) is 96.7 Å². The Morgan fingerprint density at radius 3 is 0.818 bits per heavy atom. The second kappa shape index (κ2) is 81.2. The summed E-state index contributed by atoms with van der Waals surface area (Å²) < 4.78 is 68.6. The molecule has 5 unspecified atom stereocenters. The van der Waals surface area contributed by atoms with Crippen LogP contribution >= 0.6 is 15.6 Å². The average Bonchev–Trinajstić information content (AvgIpc) is 0.900. The molecule has 0 aliphatic carbocycles. The Kier molecular flexibility index (Phi) is 76.9. The Morgan fingerprint density at radius 1 is 0.264 bits per heavy atom. The minimum absolute atomic E-state index is 0.0134. The van der Waals surface area contributed by atoms with Crippen molar-refractivity contribution in [3.63, 3.8) is 0 Å². The Morgan fingerprint density at radius 2 is 0.491 bits per heavy atom. The van der Waals surface area contributed by atoms with E-state index in [0.717, 1.165) is 148 Å². The lowest BCUT2D eigenvalue weighted by Crippen LogP contribution is -2.30. The van der Waals surface area contributed by atoms with E-state index in [-0.39, 0.29) is 25.7 Å². The largest absolute Gasteiger partial charge is 0.472 e. The summed E-state index contributed by atoms with van der Waals surface area (Å²) in [6, 6.07) is 0. The van der Waals surface area contributed by atoms with Crippen molar-refractivity contribution in [1.29, 1.82) is 0 Å². The topological polar surface area (TPSA) is 237 Å².